The lowest BCUT2D eigenvalue weighted by Crippen LogP contribution is -2.00. The standard InChI is InChI=1S/C14H13NO3S/c1-8(16)12-9(2)18-13(15-14(12)19)10-4-6-11(17-3)7-5-10/h4-7H,1-3H3. The van der Waals surface area contributed by atoms with Crippen molar-refractivity contribution >= 4 is 18.0 Å². The zero-order valence-electron chi connectivity index (χ0n) is 10.9. The quantitative estimate of drug-likeness (QED) is 0.633. The van der Waals surface area contributed by atoms with Crippen LogP contribution in [0.2, 0.25) is 0 Å². The van der Waals surface area contributed by atoms with Crippen molar-refractivity contribution in [3.8, 4) is 17.2 Å². The number of ketones is 1. The lowest BCUT2D eigenvalue weighted by molar-refractivity contribution is 0.101. The molecule has 0 unspecified atom stereocenters. The van der Waals surface area contributed by atoms with Gasteiger partial charge in [-0.25, -0.2) is 4.98 Å². The van der Waals surface area contributed by atoms with E-state index in [1.807, 2.05) is 24.3 Å². The third-order valence-electron chi connectivity index (χ3n) is 2.71. The van der Waals surface area contributed by atoms with E-state index in [9.17, 15) is 4.79 Å². The van der Waals surface area contributed by atoms with E-state index in [1.165, 1.54) is 6.92 Å². The van der Waals surface area contributed by atoms with Gasteiger partial charge in [0.05, 0.1) is 12.7 Å². The van der Waals surface area contributed by atoms with Crippen molar-refractivity contribution in [2.24, 2.45) is 0 Å². The molecular weight excluding hydrogens is 262 g/mol. The number of aryl methyl sites for hydroxylation is 1. The van der Waals surface area contributed by atoms with Crippen molar-refractivity contribution in [2.45, 2.75) is 13.8 Å². The van der Waals surface area contributed by atoms with Gasteiger partial charge in [0.15, 0.2) is 5.78 Å². The van der Waals surface area contributed by atoms with Gasteiger partial charge in [-0.3, -0.25) is 4.79 Å². The van der Waals surface area contributed by atoms with E-state index in [0.29, 0.717) is 17.2 Å². The van der Waals surface area contributed by atoms with E-state index < -0.39 is 0 Å². The fraction of sp³-hybridized carbons (Fsp3) is 0.214. The number of nitrogens with zero attached hydrogens (tertiary/aromatic N) is 1. The number of benzene rings is 1. The smallest absolute Gasteiger partial charge is 0.227 e. The first-order valence-corrected chi connectivity index (χ1v) is 6.11. The minimum atomic E-state index is -0.139. The molecule has 5 heteroatoms. The molecule has 0 saturated carbocycles. The Kier molecular flexibility index (Phi) is 3.76. The Morgan fingerprint density at radius 3 is 2.42 bits per heavy atom. The number of rotatable bonds is 3. The van der Waals surface area contributed by atoms with Crippen LogP contribution in [0.15, 0.2) is 28.7 Å². The van der Waals surface area contributed by atoms with Gasteiger partial charge < -0.3 is 9.15 Å². The molecule has 1 aromatic carbocycles. The van der Waals surface area contributed by atoms with Gasteiger partial charge in [-0.15, -0.1) is 0 Å². The van der Waals surface area contributed by atoms with Crippen molar-refractivity contribution in [3.05, 3.63) is 40.2 Å². The highest BCUT2D eigenvalue weighted by Gasteiger charge is 2.13. The van der Waals surface area contributed by atoms with Crippen LogP contribution in [0.25, 0.3) is 11.5 Å². The molecule has 0 aliphatic carbocycles. The molecule has 0 amide bonds. The average Bonchev–Trinajstić information content (AvgIpc) is 2.37. The molecule has 1 heterocycles. The van der Waals surface area contributed by atoms with Crippen molar-refractivity contribution < 1.29 is 13.9 Å². The number of hydrogen-bond donors (Lipinski definition) is 0. The van der Waals surface area contributed by atoms with Crippen LogP contribution in [-0.4, -0.2) is 17.9 Å². The van der Waals surface area contributed by atoms with Gasteiger partial charge in [0, 0.05) is 5.56 Å². The van der Waals surface area contributed by atoms with E-state index in [-0.39, 0.29) is 10.4 Å². The molecule has 1 aromatic heterocycles. The summed E-state index contributed by atoms with van der Waals surface area (Å²) in [5, 5.41) is 0. The summed E-state index contributed by atoms with van der Waals surface area (Å²) in [6.07, 6.45) is 0. The Morgan fingerprint density at radius 1 is 1.32 bits per heavy atom. The van der Waals surface area contributed by atoms with Crippen LogP contribution in [0.3, 0.4) is 0 Å². The second-order valence-electron chi connectivity index (χ2n) is 4.04. The highest BCUT2D eigenvalue weighted by atomic mass is 32.1. The van der Waals surface area contributed by atoms with Gasteiger partial charge in [-0.2, -0.15) is 0 Å². The summed E-state index contributed by atoms with van der Waals surface area (Å²) >= 11 is 5.14. The van der Waals surface area contributed by atoms with E-state index in [1.54, 1.807) is 14.0 Å². The summed E-state index contributed by atoms with van der Waals surface area (Å²) in [5.74, 6) is 1.49. The summed E-state index contributed by atoms with van der Waals surface area (Å²) in [6.45, 7) is 3.16. The topological polar surface area (TPSA) is 52.3 Å². The predicted molar refractivity (Wildman–Crippen MR) is 74.1 cm³/mol. The highest BCUT2D eigenvalue weighted by Crippen LogP contribution is 2.23. The number of hydrogen-bond acceptors (Lipinski definition) is 5. The van der Waals surface area contributed by atoms with Gasteiger partial charge >= 0.3 is 0 Å². The molecule has 0 spiro atoms. The lowest BCUT2D eigenvalue weighted by atomic mass is 10.2. The molecule has 98 valence electrons. The van der Waals surface area contributed by atoms with Crippen molar-refractivity contribution in [2.75, 3.05) is 7.11 Å². The molecule has 0 atom stereocenters. The van der Waals surface area contributed by atoms with Crippen LogP contribution in [0, 0.1) is 11.6 Å². The molecule has 0 fully saturated rings. The Labute approximate surface area is 116 Å². The molecule has 0 N–H and O–H groups in total. The highest BCUT2D eigenvalue weighted by molar-refractivity contribution is 7.71. The first-order chi connectivity index (χ1) is 9.02. The molecule has 2 aromatic rings. The fourth-order valence-electron chi connectivity index (χ4n) is 1.77. The second-order valence-corrected chi connectivity index (χ2v) is 4.43. The summed E-state index contributed by atoms with van der Waals surface area (Å²) in [5.41, 5.74) is 1.15. The molecule has 0 saturated heterocycles. The predicted octanol–water partition coefficient (Wildman–Crippen LogP) is 3.59. The third kappa shape index (κ3) is 2.71. The Balaban J connectivity index is 2.52. The van der Waals surface area contributed by atoms with Crippen molar-refractivity contribution in [3.63, 3.8) is 0 Å². The average molecular weight is 275 g/mol. The van der Waals surface area contributed by atoms with Gasteiger partial charge in [0.1, 0.15) is 16.2 Å². The molecule has 19 heavy (non-hydrogen) atoms. The number of aromatic nitrogens is 1. The number of methoxy groups -OCH3 is 1. The third-order valence-corrected chi connectivity index (χ3v) is 3.00. The number of Topliss-reactive ketones (excluding diaryl/α,β-unsaturated/α-hetero) is 1. The maximum atomic E-state index is 11.4. The maximum Gasteiger partial charge on any atom is 0.227 e. The first-order valence-electron chi connectivity index (χ1n) is 5.70. The van der Waals surface area contributed by atoms with Crippen LogP contribution in [0.4, 0.5) is 0 Å². The fourth-order valence-corrected chi connectivity index (χ4v) is 2.14. The Morgan fingerprint density at radius 2 is 1.95 bits per heavy atom. The minimum Gasteiger partial charge on any atom is -0.497 e. The molecule has 0 aliphatic rings. The second kappa shape index (κ2) is 5.32. The van der Waals surface area contributed by atoms with Crippen molar-refractivity contribution in [1.82, 2.24) is 4.98 Å². The molecule has 0 radical (unpaired) electrons. The van der Waals surface area contributed by atoms with Gasteiger partial charge in [-0.1, -0.05) is 12.2 Å². The largest absolute Gasteiger partial charge is 0.497 e. The molecular formula is C14H13NO3S. The van der Waals surface area contributed by atoms with E-state index in [4.69, 9.17) is 21.4 Å². The SMILES string of the molecule is COc1ccc(-c2nc(=S)c(C(C)=O)c(C)o2)cc1. The van der Waals surface area contributed by atoms with E-state index in [2.05, 4.69) is 4.98 Å². The van der Waals surface area contributed by atoms with Crippen LogP contribution in [0.5, 0.6) is 5.75 Å². The van der Waals surface area contributed by atoms with Gasteiger partial charge in [0.2, 0.25) is 5.89 Å². The van der Waals surface area contributed by atoms with E-state index >= 15 is 0 Å². The van der Waals surface area contributed by atoms with Crippen molar-refractivity contribution in [1.29, 1.82) is 0 Å². The van der Waals surface area contributed by atoms with Crippen LogP contribution in [-0.2, 0) is 0 Å². The monoisotopic (exact) mass is 275 g/mol. The molecule has 0 bridgehead atoms. The van der Waals surface area contributed by atoms with Gasteiger partial charge in [0.25, 0.3) is 0 Å². The zero-order valence-corrected chi connectivity index (χ0v) is 11.7. The molecule has 4 nitrogen and oxygen atoms in total. The molecule has 2 rings (SSSR count). The first kappa shape index (κ1) is 13.4. The normalized spacial score (nSPS) is 10.3. The number of carbonyl (C=O) groups excluding carboxylic acids is 1. The van der Waals surface area contributed by atoms with Crippen LogP contribution >= 0.6 is 12.2 Å². The summed E-state index contributed by atoms with van der Waals surface area (Å²) in [7, 11) is 1.60. The van der Waals surface area contributed by atoms with E-state index in [0.717, 1.165) is 11.3 Å². The summed E-state index contributed by atoms with van der Waals surface area (Å²) in [4.78, 5) is 15.6. The minimum absolute atomic E-state index is 0.139. The zero-order chi connectivity index (χ0) is 14.0. The van der Waals surface area contributed by atoms with Crippen LogP contribution < -0.4 is 4.74 Å². The number of ether oxygens (including phenoxy) is 1. The lowest BCUT2D eigenvalue weighted by Gasteiger charge is -2.06. The van der Waals surface area contributed by atoms with Gasteiger partial charge in [-0.05, 0) is 38.1 Å². The Hall–Kier alpha value is -2.01. The maximum absolute atomic E-state index is 11.4. The van der Waals surface area contributed by atoms with Crippen LogP contribution in [0.1, 0.15) is 23.0 Å². The summed E-state index contributed by atoms with van der Waals surface area (Å²) in [6, 6.07) is 7.27. The number of carbonyl (C=O) groups is 1. The Bertz CT molecular complexity index is 674. The molecule has 0 aliphatic heterocycles. The summed E-state index contributed by atoms with van der Waals surface area (Å²) < 4.78 is 10.9.